The van der Waals surface area contributed by atoms with E-state index in [1.807, 2.05) is 13.8 Å². The van der Waals surface area contributed by atoms with Gasteiger partial charge in [0, 0.05) is 13.0 Å². The summed E-state index contributed by atoms with van der Waals surface area (Å²) in [6.45, 7) is 3.71. The van der Waals surface area contributed by atoms with E-state index >= 15 is 0 Å². The number of carbonyl (C=O) groups excluding carboxylic acids is 5. The Bertz CT molecular complexity index is 1290. The summed E-state index contributed by atoms with van der Waals surface area (Å²) in [6, 6.07) is -1.11. The van der Waals surface area contributed by atoms with Crippen LogP contribution in [0.2, 0.25) is 0 Å². The maximum Gasteiger partial charge on any atom is 0.326 e. The molecule has 1 heterocycles. The largest absolute Gasteiger partial charge is 0.508 e. The Balaban J connectivity index is 2.42. The lowest BCUT2D eigenvalue weighted by Crippen LogP contribution is -2.60. The predicted octanol–water partition coefficient (Wildman–Crippen LogP) is -1.75. The van der Waals surface area contributed by atoms with Gasteiger partial charge in [0.25, 0.3) is 0 Å². The van der Waals surface area contributed by atoms with Gasteiger partial charge in [-0.1, -0.05) is 38.1 Å². The summed E-state index contributed by atoms with van der Waals surface area (Å²) < 4.78 is 0. The molecule has 1 aromatic carbocycles. The Morgan fingerprint density at radius 1 is 0.875 bits per heavy atom. The second kappa shape index (κ2) is 20.0. The van der Waals surface area contributed by atoms with Crippen molar-refractivity contribution in [2.45, 2.75) is 95.0 Å². The summed E-state index contributed by atoms with van der Waals surface area (Å²) >= 11 is 0. The molecule has 0 radical (unpaired) electrons. The summed E-state index contributed by atoms with van der Waals surface area (Å²) in [7, 11) is 0. The zero-order valence-electron chi connectivity index (χ0n) is 27.4. The van der Waals surface area contributed by atoms with Gasteiger partial charge in [-0.05, 0) is 68.7 Å². The molecule has 0 spiro atoms. The number of hydrogen-bond acceptors (Lipinski definition) is 10. The Morgan fingerprint density at radius 2 is 1.50 bits per heavy atom. The van der Waals surface area contributed by atoms with Crippen LogP contribution in [0.1, 0.15) is 57.9 Å². The van der Waals surface area contributed by atoms with Crippen molar-refractivity contribution >= 4 is 35.5 Å². The third kappa shape index (κ3) is 13.3. The number of nitrogens with one attached hydrogen (secondary N) is 5. The summed E-state index contributed by atoms with van der Waals surface area (Å²) in [5, 5.41) is 32.3. The molecule has 1 aliphatic heterocycles. The van der Waals surface area contributed by atoms with Crippen molar-refractivity contribution in [1.82, 2.24) is 26.6 Å². The van der Waals surface area contributed by atoms with Crippen molar-refractivity contribution in [2.75, 3.05) is 13.1 Å². The number of hydrogen-bond donors (Lipinski definition) is 10. The van der Waals surface area contributed by atoms with Gasteiger partial charge in [0.1, 0.15) is 36.0 Å². The van der Waals surface area contributed by atoms with E-state index in [4.69, 9.17) is 17.2 Å². The molecule has 0 bridgehead atoms. The molecule has 16 heteroatoms. The minimum absolute atomic E-state index is 0.0102. The summed E-state index contributed by atoms with van der Waals surface area (Å²) in [4.78, 5) is 78.3. The predicted molar refractivity (Wildman–Crippen MR) is 177 cm³/mol. The molecule has 2 rings (SSSR count). The highest BCUT2D eigenvalue weighted by Gasteiger charge is 2.32. The molecule has 0 saturated carbocycles. The van der Waals surface area contributed by atoms with E-state index in [0.29, 0.717) is 24.9 Å². The highest BCUT2D eigenvalue weighted by molar-refractivity contribution is 5.96. The quantitative estimate of drug-likeness (QED) is 0.0780. The number of nitrogens with two attached hydrogens (primary N) is 3. The number of aliphatic carboxylic acids is 1. The highest BCUT2D eigenvalue weighted by Crippen LogP contribution is 2.13. The third-order valence-electron chi connectivity index (χ3n) is 7.68. The van der Waals surface area contributed by atoms with Gasteiger partial charge in [-0.2, -0.15) is 0 Å². The number of benzene rings is 1. The van der Waals surface area contributed by atoms with Crippen LogP contribution in [0.15, 0.2) is 36.4 Å². The zero-order chi connectivity index (χ0) is 35.8. The molecule has 6 atom stereocenters. The van der Waals surface area contributed by atoms with Crippen LogP contribution in [0.3, 0.4) is 0 Å². The second-order valence-electron chi connectivity index (χ2n) is 12.2. The zero-order valence-corrected chi connectivity index (χ0v) is 27.4. The molecule has 0 unspecified atom stereocenters. The van der Waals surface area contributed by atoms with Gasteiger partial charge in [0.05, 0.1) is 6.04 Å². The van der Waals surface area contributed by atoms with E-state index in [1.165, 1.54) is 12.1 Å². The molecule has 266 valence electrons. The summed E-state index contributed by atoms with van der Waals surface area (Å²) in [6.07, 6.45) is 4.37. The Labute approximate surface area is 280 Å². The Morgan fingerprint density at radius 3 is 2.10 bits per heavy atom. The minimum Gasteiger partial charge on any atom is -0.508 e. The van der Waals surface area contributed by atoms with Crippen LogP contribution in [0.4, 0.5) is 0 Å². The van der Waals surface area contributed by atoms with Gasteiger partial charge < -0.3 is 54.0 Å². The first-order valence-corrected chi connectivity index (χ1v) is 16.1. The molecule has 1 aromatic rings. The fourth-order valence-corrected chi connectivity index (χ4v) is 4.94. The van der Waals surface area contributed by atoms with Crippen LogP contribution in [0.5, 0.6) is 5.75 Å². The van der Waals surface area contributed by atoms with E-state index in [-0.39, 0.29) is 50.3 Å². The summed E-state index contributed by atoms with van der Waals surface area (Å²) in [5.41, 5.74) is 17.9. The van der Waals surface area contributed by atoms with Crippen molar-refractivity contribution < 1.29 is 39.0 Å². The van der Waals surface area contributed by atoms with Crippen LogP contribution >= 0.6 is 0 Å². The van der Waals surface area contributed by atoms with Gasteiger partial charge in [0.15, 0.2) is 0 Å². The number of unbranched alkanes of at least 4 members (excludes halogenated alkanes) is 1. The fraction of sp³-hybridized carbons (Fsp3) is 0.562. The van der Waals surface area contributed by atoms with E-state index in [9.17, 15) is 39.0 Å². The standard InChI is InChI=1S/C32H50N8O8/c1-18(2)15-25(32(47)48)39-30(45)24(16-19-10-12-20(41)13-11-19)38-29(44)22-8-4-3-7-21(35)27(42)40-26(17-34)31(46)37-23(28(43)36-22)9-5-6-14-33/h3-4,10-13,18,21-26,41H,5-9,14-17,33-35H2,1-2H3,(H,36,43)(H,37,46)(H,38,44)(H,39,45)(H,40,42)(H,47,48)/b4-3+/t21-,22-,23-,24-,25-,26-/m0/s1. The minimum atomic E-state index is -1.27. The van der Waals surface area contributed by atoms with Crippen LogP contribution in [0.25, 0.3) is 0 Å². The van der Waals surface area contributed by atoms with Gasteiger partial charge >= 0.3 is 5.97 Å². The summed E-state index contributed by atoms with van der Waals surface area (Å²) in [5.74, 6) is -4.84. The number of carboxylic acids is 1. The number of amides is 5. The van der Waals surface area contributed by atoms with E-state index in [0.717, 1.165) is 0 Å². The first-order chi connectivity index (χ1) is 22.7. The Kier molecular flexibility index (Phi) is 16.5. The molecule has 1 aliphatic rings. The van der Waals surface area contributed by atoms with Gasteiger partial charge in [-0.3, -0.25) is 24.0 Å². The lowest BCUT2D eigenvalue weighted by atomic mass is 10.0. The number of phenolic OH excluding ortho intramolecular Hbond substituents is 1. The maximum absolute atomic E-state index is 13.8. The second-order valence-corrected chi connectivity index (χ2v) is 12.2. The van der Waals surface area contributed by atoms with Gasteiger partial charge in [-0.15, -0.1) is 0 Å². The smallest absolute Gasteiger partial charge is 0.326 e. The maximum atomic E-state index is 13.8. The monoisotopic (exact) mass is 674 g/mol. The first-order valence-electron chi connectivity index (χ1n) is 16.1. The van der Waals surface area contributed by atoms with Crippen molar-refractivity contribution in [3.05, 3.63) is 42.0 Å². The molecule has 16 nitrogen and oxygen atoms in total. The number of rotatable bonds is 14. The highest BCUT2D eigenvalue weighted by atomic mass is 16.4. The molecule has 0 aliphatic carbocycles. The van der Waals surface area contributed by atoms with E-state index in [2.05, 4.69) is 26.6 Å². The van der Waals surface area contributed by atoms with Gasteiger partial charge in [0.2, 0.25) is 29.5 Å². The number of aromatic hydroxyl groups is 1. The van der Waals surface area contributed by atoms with Crippen LogP contribution in [0, 0.1) is 5.92 Å². The average molecular weight is 675 g/mol. The molecule has 48 heavy (non-hydrogen) atoms. The Hall–Kier alpha value is -4.54. The number of carboxylic acid groups (broad SMARTS) is 1. The molecule has 0 fully saturated rings. The molecular formula is C32H50N8O8. The molecule has 0 aromatic heterocycles. The average Bonchev–Trinajstić information content (AvgIpc) is 3.03. The molecular weight excluding hydrogens is 624 g/mol. The van der Waals surface area contributed by atoms with Crippen LogP contribution in [-0.2, 0) is 35.2 Å². The molecule has 13 N–H and O–H groups in total. The third-order valence-corrected chi connectivity index (χ3v) is 7.68. The SMILES string of the molecule is CC(C)C[C@H](NC(=O)[C@H](Cc1ccc(O)cc1)NC(=O)[C@@H]1C/C=C/C[C@H](N)C(=O)N[C@@H](CN)C(=O)N[C@@H](CCCCN)C(=O)N1)C(=O)O. The van der Waals surface area contributed by atoms with E-state index < -0.39 is 71.8 Å². The topological polar surface area (TPSA) is 281 Å². The molecule has 0 saturated heterocycles. The number of carbonyl (C=O) groups is 6. The van der Waals surface area contributed by atoms with Crippen molar-refractivity contribution in [3.8, 4) is 5.75 Å². The fourth-order valence-electron chi connectivity index (χ4n) is 4.94. The van der Waals surface area contributed by atoms with Crippen LogP contribution < -0.4 is 43.8 Å². The normalized spacial score (nSPS) is 22.7. The lowest BCUT2D eigenvalue weighted by Gasteiger charge is -2.27. The lowest BCUT2D eigenvalue weighted by molar-refractivity contribution is -0.142. The molecule has 5 amide bonds. The van der Waals surface area contributed by atoms with Crippen molar-refractivity contribution in [3.63, 3.8) is 0 Å². The van der Waals surface area contributed by atoms with Crippen molar-refractivity contribution in [1.29, 1.82) is 0 Å². The van der Waals surface area contributed by atoms with E-state index in [1.54, 1.807) is 24.3 Å². The first kappa shape index (κ1) is 39.6. The van der Waals surface area contributed by atoms with Crippen molar-refractivity contribution in [2.24, 2.45) is 23.1 Å². The van der Waals surface area contributed by atoms with Gasteiger partial charge in [-0.25, -0.2) is 4.79 Å². The van der Waals surface area contributed by atoms with Crippen LogP contribution in [-0.4, -0.2) is 95.1 Å². The number of phenols is 1.